The predicted octanol–water partition coefficient (Wildman–Crippen LogP) is 1.61. The van der Waals surface area contributed by atoms with Gasteiger partial charge in [-0.2, -0.15) is 0 Å². The standard InChI is InChI=1S/C15H29N3O3/c1-4-12(2)11-13(3)16-15(21)18-9-7-17(8-10-18)6-5-14(19)20/h12-13H,4-11H2,1-3H3,(H,16,21)(H,19,20). The van der Waals surface area contributed by atoms with Crippen molar-refractivity contribution in [2.24, 2.45) is 5.92 Å². The monoisotopic (exact) mass is 299 g/mol. The van der Waals surface area contributed by atoms with Crippen LogP contribution < -0.4 is 5.32 Å². The van der Waals surface area contributed by atoms with Crippen molar-refractivity contribution in [2.75, 3.05) is 32.7 Å². The van der Waals surface area contributed by atoms with Crippen LogP contribution in [0.3, 0.4) is 0 Å². The first kappa shape index (κ1) is 17.8. The zero-order chi connectivity index (χ0) is 15.8. The minimum atomic E-state index is -0.769. The highest BCUT2D eigenvalue weighted by Gasteiger charge is 2.22. The number of nitrogens with zero attached hydrogens (tertiary/aromatic N) is 2. The highest BCUT2D eigenvalue weighted by molar-refractivity contribution is 5.74. The zero-order valence-corrected chi connectivity index (χ0v) is 13.5. The van der Waals surface area contributed by atoms with Crippen LogP contribution in [-0.2, 0) is 4.79 Å². The molecule has 1 rings (SSSR count). The van der Waals surface area contributed by atoms with E-state index in [1.54, 1.807) is 0 Å². The van der Waals surface area contributed by atoms with Gasteiger partial charge in [-0.15, -0.1) is 0 Å². The lowest BCUT2D eigenvalue weighted by Gasteiger charge is -2.35. The van der Waals surface area contributed by atoms with Crippen LogP contribution in [-0.4, -0.2) is 65.7 Å². The Bertz CT molecular complexity index is 341. The number of rotatable bonds is 7. The summed E-state index contributed by atoms with van der Waals surface area (Å²) in [6, 6.07) is 0.196. The fraction of sp³-hybridized carbons (Fsp3) is 0.867. The molecule has 1 aliphatic heterocycles. The van der Waals surface area contributed by atoms with Crippen LogP contribution in [0.4, 0.5) is 4.79 Å². The number of nitrogens with one attached hydrogen (secondary N) is 1. The highest BCUT2D eigenvalue weighted by Crippen LogP contribution is 2.10. The van der Waals surface area contributed by atoms with Gasteiger partial charge in [-0.05, 0) is 19.3 Å². The largest absolute Gasteiger partial charge is 0.481 e. The molecule has 0 spiro atoms. The summed E-state index contributed by atoms with van der Waals surface area (Å²) in [5, 5.41) is 11.7. The van der Waals surface area contributed by atoms with Crippen LogP contribution in [0.1, 0.15) is 40.0 Å². The van der Waals surface area contributed by atoms with Crippen molar-refractivity contribution in [2.45, 2.75) is 46.1 Å². The molecular formula is C15H29N3O3. The molecule has 0 saturated carbocycles. The number of hydrogen-bond donors (Lipinski definition) is 2. The third-order valence-electron chi connectivity index (χ3n) is 4.12. The molecule has 0 radical (unpaired) electrons. The summed E-state index contributed by atoms with van der Waals surface area (Å²) < 4.78 is 0. The molecule has 2 atom stereocenters. The normalized spacial score (nSPS) is 19.1. The molecule has 1 aliphatic rings. The second-order valence-electron chi connectivity index (χ2n) is 6.07. The number of hydrogen-bond acceptors (Lipinski definition) is 3. The minimum Gasteiger partial charge on any atom is -0.481 e. The Morgan fingerprint density at radius 1 is 1.19 bits per heavy atom. The van der Waals surface area contributed by atoms with Crippen LogP contribution in [0.2, 0.25) is 0 Å². The Morgan fingerprint density at radius 2 is 1.81 bits per heavy atom. The molecule has 2 unspecified atom stereocenters. The molecule has 2 amide bonds. The van der Waals surface area contributed by atoms with E-state index in [0.29, 0.717) is 25.6 Å². The number of carbonyl (C=O) groups is 2. The molecule has 0 aromatic heterocycles. The van der Waals surface area contributed by atoms with E-state index in [2.05, 4.69) is 24.1 Å². The molecule has 2 N–H and O–H groups in total. The molecular weight excluding hydrogens is 270 g/mol. The summed E-state index contributed by atoms with van der Waals surface area (Å²) in [5.74, 6) is -0.151. The summed E-state index contributed by atoms with van der Waals surface area (Å²) in [4.78, 5) is 26.6. The summed E-state index contributed by atoms with van der Waals surface area (Å²) in [6.45, 7) is 9.81. The molecule has 0 aromatic carbocycles. The summed E-state index contributed by atoms with van der Waals surface area (Å²) in [7, 11) is 0. The second-order valence-corrected chi connectivity index (χ2v) is 6.07. The van der Waals surface area contributed by atoms with Crippen molar-refractivity contribution in [1.29, 1.82) is 0 Å². The molecule has 122 valence electrons. The summed E-state index contributed by atoms with van der Waals surface area (Å²) in [5.41, 5.74) is 0. The smallest absolute Gasteiger partial charge is 0.317 e. The molecule has 1 saturated heterocycles. The zero-order valence-electron chi connectivity index (χ0n) is 13.5. The van der Waals surface area contributed by atoms with Crippen molar-refractivity contribution >= 4 is 12.0 Å². The van der Waals surface area contributed by atoms with Crippen molar-refractivity contribution in [1.82, 2.24) is 15.1 Å². The number of amides is 2. The first-order valence-electron chi connectivity index (χ1n) is 7.92. The van der Waals surface area contributed by atoms with E-state index in [4.69, 9.17) is 5.11 Å². The fourth-order valence-electron chi connectivity index (χ4n) is 2.56. The summed E-state index contributed by atoms with van der Waals surface area (Å²) >= 11 is 0. The third-order valence-corrected chi connectivity index (χ3v) is 4.12. The van der Waals surface area contributed by atoms with Crippen LogP contribution in [0.15, 0.2) is 0 Å². The summed E-state index contributed by atoms with van der Waals surface area (Å²) in [6.07, 6.45) is 2.29. The fourth-order valence-corrected chi connectivity index (χ4v) is 2.56. The number of carbonyl (C=O) groups excluding carboxylic acids is 1. The van der Waals surface area contributed by atoms with E-state index < -0.39 is 5.97 Å². The van der Waals surface area contributed by atoms with Gasteiger partial charge in [0.15, 0.2) is 0 Å². The van der Waals surface area contributed by atoms with Gasteiger partial charge < -0.3 is 15.3 Å². The Balaban J connectivity index is 2.26. The SMILES string of the molecule is CCC(C)CC(C)NC(=O)N1CCN(CCC(=O)O)CC1. The lowest BCUT2D eigenvalue weighted by Crippen LogP contribution is -2.53. The van der Waals surface area contributed by atoms with E-state index in [-0.39, 0.29) is 18.5 Å². The first-order chi connectivity index (χ1) is 9.92. The lowest BCUT2D eigenvalue weighted by atomic mass is 10.0. The maximum atomic E-state index is 12.2. The van der Waals surface area contributed by atoms with E-state index in [1.807, 2.05) is 11.8 Å². The van der Waals surface area contributed by atoms with Crippen LogP contribution >= 0.6 is 0 Å². The number of aliphatic carboxylic acids is 1. The van der Waals surface area contributed by atoms with Crippen molar-refractivity contribution < 1.29 is 14.7 Å². The van der Waals surface area contributed by atoms with Gasteiger partial charge in [-0.25, -0.2) is 4.79 Å². The average molecular weight is 299 g/mol. The van der Waals surface area contributed by atoms with E-state index >= 15 is 0 Å². The number of piperazine rings is 1. The Kier molecular flexibility index (Phi) is 7.50. The van der Waals surface area contributed by atoms with Gasteiger partial charge in [0.05, 0.1) is 6.42 Å². The average Bonchev–Trinajstić information content (AvgIpc) is 2.45. The Hall–Kier alpha value is -1.30. The quantitative estimate of drug-likeness (QED) is 0.749. The predicted molar refractivity (Wildman–Crippen MR) is 82.3 cm³/mol. The van der Waals surface area contributed by atoms with Crippen LogP contribution in [0, 0.1) is 5.92 Å². The molecule has 0 aliphatic carbocycles. The lowest BCUT2D eigenvalue weighted by molar-refractivity contribution is -0.137. The first-order valence-corrected chi connectivity index (χ1v) is 7.92. The number of carboxylic acid groups (broad SMARTS) is 1. The molecule has 6 nitrogen and oxygen atoms in total. The van der Waals surface area contributed by atoms with Crippen LogP contribution in [0.25, 0.3) is 0 Å². The van der Waals surface area contributed by atoms with E-state index in [0.717, 1.165) is 25.9 Å². The van der Waals surface area contributed by atoms with E-state index in [1.165, 1.54) is 0 Å². The van der Waals surface area contributed by atoms with Gasteiger partial charge in [0.1, 0.15) is 0 Å². The number of carboxylic acids is 1. The molecule has 6 heteroatoms. The van der Waals surface area contributed by atoms with Gasteiger partial charge in [-0.3, -0.25) is 9.69 Å². The van der Waals surface area contributed by atoms with Gasteiger partial charge in [0, 0.05) is 38.8 Å². The number of urea groups is 1. The van der Waals surface area contributed by atoms with Crippen molar-refractivity contribution in [3.63, 3.8) is 0 Å². The van der Waals surface area contributed by atoms with Gasteiger partial charge in [0.2, 0.25) is 0 Å². The van der Waals surface area contributed by atoms with Crippen LogP contribution in [0.5, 0.6) is 0 Å². The molecule has 1 heterocycles. The Labute approximate surface area is 127 Å². The molecule has 0 aromatic rings. The maximum Gasteiger partial charge on any atom is 0.317 e. The minimum absolute atomic E-state index is 0.00341. The van der Waals surface area contributed by atoms with E-state index in [9.17, 15) is 9.59 Å². The van der Waals surface area contributed by atoms with Crippen molar-refractivity contribution in [3.8, 4) is 0 Å². The molecule has 21 heavy (non-hydrogen) atoms. The van der Waals surface area contributed by atoms with Gasteiger partial charge >= 0.3 is 12.0 Å². The highest BCUT2D eigenvalue weighted by atomic mass is 16.4. The van der Waals surface area contributed by atoms with Gasteiger partial charge in [-0.1, -0.05) is 20.3 Å². The third kappa shape index (κ3) is 6.80. The maximum absolute atomic E-state index is 12.2. The van der Waals surface area contributed by atoms with Crippen molar-refractivity contribution in [3.05, 3.63) is 0 Å². The second kappa shape index (κ2) is 8.87. The Morgan fingerprint density at radius 3 is 2.33 bits per heavy atom. The van der Waals surface area contributed by atoms with Gasteiger partial charge in [0.25, 0.3) is 0 Å². The molecule has 0 bridgehead atoms. The topological polar surface area (TPSA) is 72.9 Å². The molecule has 1 fully saturated rings.